The molecule has 0 radical (unpaired) electrons. The minimum absolute atomic E-state index is 0.337. The van der Waals surface area contributed by atoms with E-state index in [0.717, 1.165) is 36.3 Å². The molecule has 0 amide bonds. The number of rotatable bonds is 3. The summed E-state index contributed by atoms with van der Waals surface area (Å²) in [6, 6.07) is 2.60. The fourth-order valence-corrected chi connectivity index (χ4v) is 3.20. The molecular weight excluding hydrogens is 268 g/mol. The molecule has 1 aliphatic rings. The first-order valence-electron chi connectivity index (χ1n) is 7.28. The third-order valence-electron chi connectivity index (χ3n) is 4.22. The monoisotopic (exact) mass is 288 g/mol. The zero-order chi connectivity index (χ0) is 14.3. The van der Waals surface area contributed by atoms with Crippen molar-refractivity contribution in [3.63, 3.8) is 0 Å². The molecule has 0 fully saturated rings. The van der Waals surface area contributed by atoms with Gasteiger partial charge in [-0.05, 0) is 63.4 Å². The highest BCUT2D eigenvalue weighted by Gasteiger charge is 2.20. The number of nitrogens with one attached hydrogen (secondary N) is 1. The van der Waals surface area contributed by atoms with Crippen LogP contribution in [0.5, 0.6) is 0 Å². The van der Waals surface area contributed by atoms with Crippen LogP contribution in [-0.2, 0) is 12.8 Å². The molecule has 0 aromatic carbocycles. The molecule has 2 heterocycles. The Hall–Kier alpha value is -1.49. The first kappa shape index (κ1) is 13.5. The van der Waals surface area contributed by atoms with Crippen molar-refractivity contribution in [1.29, 1.82) is 0 Å². The summed E-state index contributed by atoms with van der Waals surface area (Å²) >= 11 is 5.38. The van der Waals surface area contributed by atoms with Crippen LogP contribution in [0, 0.1) is 11.7 Å². The topological polar surface area (TPSA) is 46.5 Å². The SMILES string of the molecule is CCC(C)n1c(-c2cc3c(nc2C)CCC3)n[nH]c1=S. The smallest absolute Gasteiger partial charge is 0.195 e. The number of aryl methyl sites for hydroxylation is 3. The Morgan fingerprint density at radius 2 is 2.25 bits per heavy atom. The van der Waals surface area contributed by atoms with Gasteiger partial charge in [-0.2, -0.15) is 5.10 Å². The highest BCUT2D eigenvalue weighted by Crippen LogP contribution is 2.29. The molecule has 1 aliphatic carbocycles. The van der Waals surface area contributed by atoms with E-state index in [2.05, 4.69) is 41.6 Å². The van der Waals surface area contributed by atoms with Crippen LogP contribution in [0.1, 0.15) is 49.7 Å². The van der Waals surface area contributed by atoms with Crippen molar-refractivity contribution in [3.8, 4) is 11.4 Å². The Morgan fingerprint density at radius 1 is 1.45 bits per heavy atom. The van der Waals surface area contributed by atoms with Gasteiger partial charge < -0.3 is 0 Å². The van der Waals surface area contributed by atoms with Gasteiger partial charge in [-0.15, -0.1) is 0 Å². The van der Waals surface area contributed by atoms with Crippen molar-refractivity contribution in [2.45, 2.75) is 52.5 Å². The highest BCUT2D eigenvalue weighted by atomic mass is 32.1. The van der Waals surface area contributed by atoms with Crippen LogP contribution in [-0.4, -0.2) is 19.7 Å². The van der Waals surface area contributed by atoms with Crippen molar-refractivity contribution in [1.82, 2.24) is 19.7 Å². The van der Waals surface area contributed by atoms with Gasteiger partial charge in [0, 0.05) is 23.0 Å². The summed E-state index contributed by atoms with van der Waals surface area (Å²) in [5.41, 5.74) is 4.79. The molecular formula is C15H20N4S. The lowest BCUT2D eigenvalue weighted by molar-refractivity contribution is 0.528. The summed E-state index contributed by atoms with van der Waals surface area (Å²) in [6.07, 6.45) is 4.47. The Bertz CT molecular complexity index is 698. The molecule has 4 nitrogen and oxygen atoms in total. The van der Waals surface area contributed by atoms with Crippen LogP contribution < -0.4 is 0 Å². The molecule has 1 unspecified atom stereocenters. The molecule has 0 saturated carbocycles. The highest BCUT2D eigenvalue weighted by molar-refractivity contribution is 7.71. The first-order chi connectivity index (χ1) is 9.61. The van der Waals surface area contributed by atoms with Gasteiger partial charge in [0.25, 0.3) is 0 Å². The molecule has 2 aromatic heterocycles. The van der Waals surface area contributed by atoms with Crippen LogP contribution in [0.15, 0.2) is 6.07 Å². The fourth-order valence-electron chi connectivity index (χ4n) is 2.89. The van der Waals surface area contributed by atoms with Crippen molar-refractivity contribution in [2.75, 3.05) is 0 Å². The van der Waals surface area contributed by atoms with Crippen LogP contribution in [0.4, 0.5) is 0 Å². The number of nitrogens with zero attached hydrogens (tertiary/aromatic N) is 3. The fraction of sp³-hybridized carbons (Fsp3) is 0.533. The summed E-state index contributed by atoms with van der Waals surface area (Å²) < 4.78 is 2.80. The molecule has 1 atom stereocenters. The quantitative estimate of drug-likeness (QED) is 0.874. The second kappa shape index (κ2) is 5.13. The van der Waals surface area contributed by atoms with E-state index in [0.29, 0.717) is 10.8 Å². The van der Waals surface area contributed by atoms with E-state index in [9.17, 15) is 0 Å². The normalized spacial score (nSPS) is 15.3. The standard InChI is InChI=1S/C15H20N4S/c1-4-9(2)19-14(17-18-15(19)20)12-8-11-6-5-7-13(11)16-10(12)3/h8-9H,4-7H2,1-3H3,(H,18,20). The van der Waals surface area contributed by atoms with Gasteiger partial charge in [-0.1, -0.05) is 6.92 Å². The van der Waals surface area contributed by atoms with Crippen LogP contribution in [0.3, 0.4) is 0 Å². The Kier molecular flexibility index (Phi) is 3.46. The van der Waals surface area contributed by atoms with Gasteiger partial charge in [0.2, 0.25) is 0 Å². The third-order valence-corrected chi connectivity index (χ3v) is 4.51. The van der Waals surface area contributed by atoms with Gasteiger partial charge in [-0.3, -0.25) is 14.6 Å². The van der Waals surface area contributed by atoms with Gasteiger partial charge in [0.1, 0.15) is 0 Å². The minimum Gasteiger partial charge on any atom is -0.297 e. The van der Waals surface area contributed by atoms with E-state index < -0.39 is 0 Å². The predicted octanol–water partition coefficient (Wildman–Crippen LogP) is 3.77. The number of aromatic amines is 1. The largest absolute Gasteiger partial charge is 0.297 e. The summed E-state index contributed by atoms with van der Waals surface area (Å²) in [6.45, 7) is 6.40. The van der Waals surface area contributed by atoms with E-state index in [1.54, 1.807) is 0 Å². The summed E-state index contributed by atoms with van der Waals surface area (Å²) in [5.74, 6) is 0.920. The zero-order valence-electron chi connectivity index (χ0n) is 12.2. The average Bonchev–Trinajstić information content (AvgIpc) is 3.02. The lowest BCUT2D eigenvalue weighted by Crippen LogP contribution is -2.07. The lowest BCUT2D eigenvalue weighted by atomic mass is 10.1. The molecule has 20 heavy (non-hydrogen) atoms. The van der Waals surface area contributed by atoms with Gasteiger partial charge in [0.15, 0.2) is 10.6 Å². The maximum Gasteiger partial charge on any atom is 0.195 e. The number of H-pyrrole nitrogens is 1. The summed E-state index contributed by atoms with van der Waals surface area (Å²) in [4.78, 5) is 4.76. The molecule has 3 rings (SSSR count). The Labute approximate surface area is 124 Å². The van der Waals surface area contributed by atoms with Crippen LogP contribution >= 0.6 is 12.2 Å². The first-order valence-corrected chi connectivity index (χ1v) is 7.69. The van der Waals surface area contributed by atoms with Crippen LogP contribution in [0.2, 0.25) is 0 Å². The summed E-state index contributed by atoms with van der Waals surface area (Å²) in [5, 5.41) is 7.38. The van der Waals surface area contributed by atoms with Crippen molar-refractivity contribution >= 4 is 12.2 Å². The van der Waals surface area contributed by atoms with Gasteiger partial charge >= 0.3 is 0 Å². The maximum atomic E-state index is 5.38. The second-order valence-electron chi connectivity index (χ2n) is 5.56. The number of hydrogen-bond donors (Lipinski definition) is 1. The van der Waals surface area contributed by atoms with E-state index in [1.165, 1.54) is 17.7 Å². The Morgan fingerprint density at radius 3 is 3.00 bits per heavy atom. The molecule has 0 spiro atoms. The molecule has 0 saturated heterocycles. The van der Waals surface area contributed by atoms with E-state index in [1.807, 2.05) is 0 Å². The molecule has 5 heteroatoms. The lowest BCUT2D eigenvalue weighted by Gasteiger charge is -2.15. The maximum absolute atomic E-state index is 5.38. The number of pyridine rings is 1. The molecule has 106 valence electrons. The molecule has 2 aromatic rings. The van der Waals surface area contributed by atoms with E-state index in [4.69, 9.17) is 17.2 Å². The van der Waals surface area contributed by atoms with Crippen molar-refractivity contribution < 1.29 is 0 Å². The van der Waals surface area contributed by atoms with Gasteiger partial charge in [0.05, 0.1) is 0 Å². The molecule has 1 N–H and O–H groups in total. The molecule has 0 bridgehead atoms. The third kappa shape index (κ3) is 2.10. The molecule has 0 aliphatic heterocycles. The second-order valence-corrected chi connectivity index (χ2v) is 5.95. The van der Waals surface area contributed by atoms with Crippen molar-refractivity contribution in [3.05, 3.63) is 27.8 Å². The van der Waals surface area contributed by atoms with E-state index in [-0.39, 0.29) is 0 Å². The van der Waals surface area contributed by atoms with Crippen molar-refractivity contribution in [2.24, 2.45) is 0 Å². The van der Waals surface area contributed by atoms with E-state index >= 15 is 0 Å². The zero-order valence-corrected chi connectivity index (χ0v) is 13.0. The minimum atomic E-state index is 0.337. The average molecular weight is 288 g/mol. The van der Waals surface area contributed by atoms with Crippen LogP contribution in [0.25, 0.3) is 11.4 Å². The number of fused-ring (bicyclic) bond motifs is 1. The number of hydrogen-bond acceptors (Lipinski definition) is 3. The number of aromatic nitrogens is 4. The summed E-state index contributed by atoms with van der Waals surface area (Å²) in [7, 11) is 0. The van der Waals surface area contributed by atoms with Gasteiger partial charge in [-0.25, -0.2) is 0 Å². The predicted molar refractivity (Wildman–Crippen MR) is 82.4 cm³/mol. The Balaban J connectivity index is 2.17.